The minimum atomic E-state index is -0.335. The molecular formula is C27H23FN2O3. The van der Waals surface area contributed by atoms with Crippen molar-refractivity contribution < 1.29 is 18.7 Å². The second-order valence-electron chi connectivity index (χ2n) is 8.73. The van der Waals surface area contributed by atoms with Crippen LogP contribution in [0.1, 0.15) is 29.2 Å². The smallest absolute Gasteiger partial charge is 0.410 e. The Morgan fingerprint density at radius 3 is 2.48 bits per heavy atom. The molecule has 2 aliphatic heterocycles. The van der Waals surface area contributed by atoms with Crippen molar-refractivity contribution in [2.45, 2.75) is 24.4 Å². The summed E-state index contributed by atoms with van der Waals surface area (Å²) in [6.07, 6.45) is 3.64. The summed E-state index contributed by atoms with van der Waals surface area (Å²) >= 11 is 0. The number of fused-ring (bicyclic) bond motifs is 5. The number of nitrogens with zero attached hydrogens (tertiary/aromatic N) is 2. The van der Waals surface area contributed by atoms with Crippen molar-refractivity contribution >= 4 is 11.7 Å². The Kier molecular flexibility index (Phi) is 4.95. The van der Waals surface area contributed by atoms with E-state index >= 15 is 0 Å². The summed E-state index contributed by atoms with van der Waals surface area (Å²) in [6, 6.07) is 18.9. The predicted octanol–water partition coefficient (Wildman–Crippen LogP) is 5.03. The maximum atomic E-state index is 13.7. The van der Waals surface area contributed by atoms with Gasteiger partial charge in [-0.25, -0.2) is 9.18 Å². The van der Waals surface area contributed by atoms with Crippen LogP contribution in [0.2, 0.25) is 0 Å². The van der Waals surface area contributed by atoms with Gasteiger partial charge in [0.05, 0.1) is 31.0 Å². The van der Waals surface area contributed by atoms with Crippen molar-refractivity contribution in [1.82, 2.24) is 9.88 Å². The molecular weight excluding hydrogens is 419 g/mol. The minimum Gasteiger partial charge on any atom is -0.448 e. The Morgan fingerprint density at radius 1 is 1.06 bits per heavy atom. The SMILES string of the molecule is O=C(OCC1c2ccccc2-c2ccccc21)N1C2C=C(c3cc(F)ccn3)CC1COC2. The zero-order valence-electron chi connectivity index (χ0n) is 18.0. The maximum absolute atomic E-state index is 13.7. The van der Waals surface area contributed by atoms with Gasteiger partial charge in [0.2, 0.25) is 0 Å². The highest BCUT2D eigenvalue weighted by molar-refractivity contribution is 5.79. The average molecular weight is 442 g/mol. The van der Waals surface area contributed by atoms with Crippen LogP contribution in [0.25, 0.3) is 16.7 Å². The zero-order chi connectivity index (χ0) is 22.4. The number of pyridine rings is 1. The van der Waals surface area contributed by atoms with E-state index in [1.165, 1.54) is 40.6 Å². The number of benzene rings is 2. The van der Waals surface area contributed by atoms with Crippen LogP contribution in [-0.4, -0.2) is 47.9 Å². The van der Waals surface area contributed by atoms with Gasteiger partial charge >= 0.3 is 6.09 Å². The lowest BCUT2D eigenvalue weighted by Gasteiger charge is -2.43. The summed E-state index contributed by atoms with van der Waals surface area (Å²) in [6.45, 7) is 1.10. The number of amides is 1. The summed E-state index contributed by atoms with van der Waals surface area (Å²) in [4.78, 5) is 19.3. The Morgan fingerprint density at radius 2 is 1.79 bits per heavy atom. The molecule has 2 bridgehead atoms. The van der Waals surface area contributed by atoms with Crippen LogP contribution >= 0.6 is 0 Å². The van der Waals surface area contributed by atoms with Gasteiger partial charge in [0.1, 0.15) is 12.4 Å². The van der Waals surface area contributed by atoms with Crippen molar-refractivity contribution in [2.24, 2.45) is 0 Å². The number of hydrogen-bond donors (Lipinski definition) is 0. The van der Waals surface area contributed by atoms with Gasteiger partial charge in [-0.2, -0.15) is 0 Å². The first kappa shape index (κ1) is 20.1. The molecule has 1 amide bonds. The van der Waals surface area contributed by atoms with Gasteiger partial charge in [-0.15, -0.1) is 0 Å². The van der Waals surface area contributed by atoms with Gasteiger partial charge in [-0.3, -0.25) is 9.88 Å². The quantitative estimate of drug-likeness (QED) is 0.571. The second-order valence-corrected chi connectivity index (χ2v) is 8.73. The molecule has 2 aromatic carbocycles. The number of carbonyl (C=O) groups is 1. The van der Waals surface area contributed by atoms with Gasteiger partial charge in [-0.1, -0.05) is 54.6 Å². The molecule has 5 nitrogen and oxygen atoms in total. The number of morpholine rings is 1. The van der Waals surface area contributed by atoms with E-state index in [2.05, 4.69) is 29.2 Å². The van der Waals surface area contributed by atoms with Crippen molar-refractivity contribution in [3.63, 3.8) is 0 Å². The molecule has 33 heavy (non-hydrogen) atoms. The molecule has 3 aromatic rings. The summed E-state index contributed by atoms with van der Waals surface area (Å²) in [5.41, 5.74) is 6.33. The van der Waals surface area contributed by atoms with Crippen molar-refractivity contribution in [1.29, 1.82) is 0 Å². The number of aromatic nitrogens is 1. The third kappa shape index (κ3) is 3.51. The fourth-order valence-electron chi connectivity index (χ4n) is 5.32. The van der Waals surface area contributed by atoms with Gasteiger partial charge < -0.3 is 9.47 Å². The molecule has 1 fully saturated rings. The van der Waals surface area contributed by atoms with Crippen LogP contribution in [0, 0.1) is 5.82 Å². The number of hydrogen-bond acceptors (Lipinski definition) is 4. The van der Waals surface area contributed by atoms with Crippen LogP contribution in [-0.2, 0) is 9.47 Å². The van der Waals surface area contributed by atoms with Gasteiger partial charge in [0.25, 0.3) is 0 Å². The molecule has 1 saturated heterocycles. The first-order chi connectivity index (χ1) is 16.2. The molecule has 166 valence electrons. The normalized spacial score (nSPS) is 21.2. The van der Waals surface area contributed by atoms with Crippen LogP contribution in [0.5, 0.6) is 0 Å². The highest BCUT2D eigenvalue weighted by Crippen LogP contribution is 2.44. The summed E-state index contributed by atoms with van der Waals surface area (Å²) in [7, 11) is 0. The predicted molar refractivity (Wildman–Crippen MR) is 122 cm³/mol. The van der Waals surface area contributed by atoms with E-state index in [0.29, 0.717) is 25.3 Å². The Bertz CT molecular complexity index is 1210. The summed E-state index contributed by atoms with van der Waals surface area (Å²) < 4.78 is 25.3. The molecule has 6 rings (SSSR count). The number of rotatable bonds is 3. The third-order valence-corrected chi connectivity index (χ3v) is 6.80. The molecule has 3 heterocycles. The highest BCUT2D eigenvalue weighted by Gasteiger charge is 2.40. The molecule has 0 spiro atoms. The molecule has 1 aromatic heterocycles. The number of carbonyl (C=O) groups excluding carboxylic acids is 1. The standard InChI is InChI=1S/C27H23FN2O3/c28-18-9-10-29-26(13-18)17-11-19-14-32-15-20(12-17)30(19)27(31)33-16-25-23-7-3-1-5-21(23)22-6-2-4-8-24(22)25/h1-11,13,19-20,25H,12,14-16H2. The first-order valence-corrected chi connectivity index (χ1v) is 11.2. The van der Waals surface area contributed by atoms with E-state index in [1.54, 1.807) is 4.90 Å². The molecule has 1 aliphatic carbocycles. The fourth-order valence-corrected chi connectivity index (χ4v) is 5.32. The highest BCUT2D eigenvalue weighted by atomic mass is 19.1. The number of ether oxygens (including phenoxy) is 2. The third-order valence-electron chi connectivity index (χ3n) is 6.80. The lowest BCUT2D eigenvalue weighted by molar-refractivity contribution is -0.0331. The minimum absolute atomic E-state index is 0.0184. The molecule has 0 N–H and O–H groups in total. The van der Waals surface area contributed by atoms with Gasteiger partial charge in [0, 0.05) is 12.1 Å². The molecule has 2 atom stereocenters. The van der Waals surface area contributed by atoms with Crippen molar-refractivity contribution in [3.05, 3.63) is 95.6 Å². The number of halogens is 1. The van der Waals surface area contributed by atoms with Crippen molar-refractivity contribution in [2.75, 3.05) is 19.8 Å². The van der Waals surface area contributed by atoms with Crippen LogP contribution in [0.4, 0.5) is 9.18 Å². The van der Waals surface area contributed by atoms with Crippen molar-refractivity contribution in [3.8, 4) is 11.1 Å². The molecule has 0 saturated carbocycles. The molecule has 0 radical (unpaired) electrons. The lowest BCUT2D eigenvalue weighted by Crippen LogP contribution is -2.56. The topological polar surface area (TPSA) is 51.7 Å². The van der Waals surface area contributed by atoms with Crippen LogP contribution in [0.3, 0.4) is 0 Å². The maximum Gasteiger partial charge on any atom is 0.410 e. The van der Waals surface area contributed by atoms with Gasteiger partial charge in [-0.05, 0) is 46.4 Å². The zero-order valence-corrected chi connectivity index (χ0v) is 18.0. The van der Waals surface area contributed by atoms with E-state index in [4.69, 9.17) is 9.47 Å². The summed E-state index contributed by atoms with van der Waals surface area (Å²) in [5, 5.41) is 0. The summed E-state index contributed by atoms with van der Waals surface area (Å²) in [5.74, 6) is -0.300. The van der Waals surface area contributed by atoms with E-state index in [1.807, 2.05) is 30.3 Å². The second kappa shape index (κ2) is 8.12. The monoisotopic (exact) mass is 442 g/mol. The fraction of sp³-hybridized carbons (Fsp3) is 0.259. The van der Waals surface area contributed by atoms with E-state index in [9.17, 15) is 9.18 Å². The van der Waals surface area contributed by atoms with Crippen LogP contribution < -0.4 is 0 Å². The van der Waals surface area contributed by atoms with E-state index in [-0.39, 0.29) is 36.5 Å². The van der Waals surface area contributed by atoms with Crippen LogP contribution in [0.15, 0.2) is 72.9 Å². The molecule has 3 aliphatic rings. The lowest BCUT2D eigenvalue weighted by atomic mass is 9.92. The largest absolute Gasteiger partial charge is 0.448 e. The van der Waals surface area contributed by atoms with E-state index in [0.717, 1.165) is 5.57 Å². The first-order valence-electron chi connectivity index (χ1n) is 11.2. The Balaban J connectivity index is 1.22. The Labute approximate surface area is 191 Å². The molecule has 6 heteroatoms. The Hall–Kier alpha value is -3.51. The molecule has 2 unspecified atom stereocenters. The average Bonchev–Trinajstić information content (AvgIpc) is 3.15. The van der Waals surface area contributed by atoms with Gasteiger partial charge in [0.15, 0.2) is 0 Å². The van der Waals surface area contributed by atoms with E-state index < -0.39 is 0 Å².